The van der Waals surface area contributed by atoms with E-state index < -0.39 is 11.3 Å². The number of nitrogens with one attached hydrogen (secondary N) is 1. The fourth-order valence-corrected chi connectivity index (χ4v) is 0.943. The van der Waals surface area contributed by atoms with E-state index in [2.05, 4.69) is 4.72 Å². The summed E-state index contributed by atoms with van der Waals surface area (Å²) in [5.74, 6) is 0.867. The fraction of sp³-hybridized carbons (Fsp3) is 1.00. The summed E-state index contributed by atoms with van der Waals surface area (Å²) in [6.07, 6.45) is 1.95. The van der Waals surface area contributed by atoms with Crippen molar-refractivity contribution in [3.63, 3.8) is 0 Å². The second-order valence-electron chi connectivity index (χ2n) is 1.14. The zero-order valence-corrected chi connectivity index (χ0v) is 6.22. The summed E-state index contributed by atoms with van der Waals surface area (Å²) in [6.45, 7) is 0.588. The van der Waals surface area contributed by atoms with Crippen LogP contribution >= 0.6 is 11.8 Å². The Morgan fingerprint density at radius 3 is 2.88 bits per heavy atom. The molecule has 0 aromatic rings. The van der Waals surface area contributed by atoms with Gasteiger partial charge in [-0.15, -0.1) is 0 Å². The van der Waals surface area contributed by atoms with E-state index >= 15 is 0 Å². The van der Waals surface area contributed by atoms with Gasteiger partial charge in [0.25, 0.3) is 0 Å². The van der Waals surface area contributed by atoms with Crippen LogP contribution in [0.4, 0.5) is 0 Å². The quantitative estimate of drug-likeness (QED) is 0.446. The molecule has 8 heavy (non-hydrogen) atoms. The third-order valence-corrected chi connectivity index (χ3v) is 1.60. The standard InChI is InChI=1S/C3H9NO2S2/c1-7-3-2-4-8(5)6/h4H,2-3H2,1H3,(H,5,6). The Hall–Kier alpha value is 0.420. The first-order valence-electron chi connectivity index (χ1n) is 2.10. The molecule has 0 spiro atoms. The van der Waals surface area contributed by atoms with Gasteiger partial charge >= 0.3 is 0 Å². The summed E-state index contributed by atoms with van der Waals surface area (Å²) in [4.78, 5) is 0. The lowest BCUT2D eigenvalue weighted by atomic mass is 10.8. The lowest BCUT2D eigenvalue weighted by molar-refractivity contribution is 0.551. The van der Waals surface area contributed by atoms with Gasteiger partial charge in [0.2, 0.25) is 11.3 Å². The Labute approximate surface area is 55.7 Å². The highest BCUT2D eigenvalue weighted by Gasteiger charge is 1.87. The Bertz CT molecular complexity index is 77.7. The minimum Gasteiger partial charge on any atom is -0.294 e. The molecule has 1 atom stereocenters. The van der Waals surface area contributed by atoms with Gasteiger partial charge in [-0.1, -0.05) is 0 Å². The first kappa shape index (κ1) is 8.42. The van der Waals surface area contributed by atoms with Gasteiger partial charge in [-0.3, -0.25) is 4.55 Å². The molecule has 0 aliphatic rings. The largest absolute Gasteiger partial charge is 0.294 e. The van der Waals surface area contributed by atoms with Crippen molar-refractivity contribution in [1.82, 2.24) is 4.72 Å². The van der Waals surface area contributed by atoms with Gasteiger partial charge in [-0.05, 0) is 6.26 Å². The molecule has 5 heteroatoms. The van der Waals surface area contributed by atoms with Crippen LogP contribution in [0.3, 0.4) is 0 Å². The van der Waals surface area contributed by atoms with Gasteiger partial charge in [0.15, 0.2) is 0 Å². The van der Waals surface area contributed by atoms with Gasteiger partial charge in [-0.25, -0.2) is 8.93 Å². The van der Waals surface area contributed by atoms with Crippen LogP contribution in [0.2, 0.25) is 0 Å². The Morgan fingerprint density at radius 1 is 1.88 bits per heavy atom. The first-order chi connectivity index (χ1) is 3.77. The van der Waals surface area contributed by atoms with Crippen LogP contribution in [0.15, 0.2) is 0 Å². The molecule has 0 bridgehead atoms. The summed E-state index contributed by atoms with van der Waals surface area (Å²) in [7, 11) is 0. The topological polar surface area (TPSA) is 49.3 Å². The predicted molar refractivity (Wildman–Crippen MR) is 37.2 cm³/mol. The van der Waals surface area contributed by atoms with Crippen LogP contribution in [0.5, 0.6) is 0 Å². The van der Waals surface area contributed by atoms with Gasteiger partial charge in [-0.2, -0.15) is 11.8 Å². The maximum atomic E-state index is 9.86. The van der Waals surface area contributed by atoms with Crippen molar-refractivity contribution >= 4 is 23.0 Å². The molecule has 0 fully saturated rings. The molecule has 2 N–H and O–H groups in total. The van der Waals surface area contributed by atoms with E-state index in [9.17, 15) is 4.21 Å². The SMILES string of the molecule is CSCCNS(=O)O. The highest BCUT2D eigenvalue weighted by atomic mass is 32.2. The molecule has 0 saturated heterocycles. The summed E-state index contributed by atoms with van der Waals surface area (Å²) in [6, 6.07) is 0. The molecule has 0 heterocycles. The molecule has 0 radical (unpaired) electrons. The Kier molecular flexibility index (Phi) is 5.85. The average molecular weight is 155 g/mol. The van der Waals surface area contributed by atoms with Gasteiger partial charge in [0, 0.05) is 12.3 Å². The monoisotopic (exact) mass is 155 g/mol. The van der Waals surface area contributed by atoms with Crippen LogP contribution in [0, 0.1) is 0 Å². The third kappa shape index (κ3) is 6.42. The van der Waals surface area contributed by atoms with Crippen molar-refractivity contribution in [2.45, 2.75) is 0 Å². The Balaban J connectivity index is 2.82. The molecule has 0 rings (SSSR count). The maximum Gasteiger partial charge on any atom is 0.231 e. The number of hydrogen-bond acceptors (Lipinski definition) is 2. The summed E-state index contributed by atoms with van der Waals surface area (Å²) < 4.78 is 20.3. The maximum absolute atomic E-state index is 9.86. The molecule has 0 aliphatic carbocycles. The molecule has 3 nitrogen and oxygen atoms in total. The summed E-state index contributed by atoms with van der Waals surface area (Å²) in [5.41, 5.74) is 0. The summed E-state index contributed by atoms with van der Waals surface area (Å²) >= 11 is -0.195. The third-order valence-electron chi connectivity index (χ3n) is 0.532. The predicted octanol–water partition coefficient (Wildman–Crippen LogP) is 0.0757. The molecule has 0 aliphatic heterocycles. The van der Waals surface area contributed by atoms with E-state index in [4.69, 9.17) is 4.55 Å². The van der Waals surface area contributed by atoms with Gasteiger partial charge in [0.05, 0.1) is 0 Å². The number of rotatable bonds is 4. The minimum absolute atomic E-state index is 0.588. The molecule has 0 amide bonds. The molecule has 0 aromatic carbocycles. The highest BCUT2D eigenvalue weighted by molar-refractivity contribution is 7.98. The smallest absolute Gasteiger partial charge is 0.231 e. The van der Waals surface area contributed by atoms with Crippen molar-refractivity contribution in [2.75, 3.05) is 18.6 Å². The van der Waals surface area contributed by atoms with Gasteiger partial charge < -0.3 is 0 Å². The highest BCUT2D eigenvalue weighted by Crippen LogP contribution is 1.86. The van der Waals surface area contributed by atoms with E-state index in [0.717, 1.165) is 5.75 Å². The van der Waals surface area contributed by atoms with Crippen molar-refractivity contribution in [2.24, 2.45) is 0 Å². The lowest BCUT2D eigenvalue weighted by Gasteiger charge is -1.93. The van der Waals surface area contributed by atoms with Crippen molar-refractivity contribution < 1.29 is 8.76 Å². The van der Waals surface area contributed by atoms with E-state index in [1.807, 2.05) is 6.26 Å². The van der Waals surface area contributed by atoms with Crippen molar-refractivity contribution in [3.8, 4) is 0 Å². The molecular formula is C3H9NO2S2. The number of thioether (sulfide) groups is 1. The van der Waals surface area contributed by atoms with Crippen molar-refractivity contribution in [3.05, 3.63) is 0 Å². The van der Waals surface area contributed by atoms with Crippen LogP contribution in [-0.4, -0.2) is 27.3 Å². The zero-order chi connectivity index (χ0) is 6.41. The molecule has 1 unspecified atom stereocenters. The zero-order valence-electron chi connectivity index (χ0n) is 4.59. The van der Waals surface area contributed by atoms with E-state index in [1.54, 1.807) is 11.8 Å². The average Bonchev–Trinajstić information content (AvgIpc) is 1.66. The Morgan fingerprint density at radius 2 is 2.50 bits per heavy atom. The van der Waals surface area contributed by atoms with Crippen LogP contribution in [0.25, 0.3) is 0 Å². The van der Waals surface area contributed by atoms with Crippen LogP contribution in [-0.2, 0) is 11.3 Å². The molecular weight excluding hydrogens is 146 g/mol. The van der Waals surface area contributed by atoms with E-state index in [1.165, 1.54) is 0 Å². The van der Waals surface area contributed by atoms with Crippen molar-refractivity contribution in [1.29, 1.82) is 0 Å². The second-order valence-corrected chi connectivity index (χ2v) is 2.91. The minimum atomic E-state index is -1.83. The molecule has 50 valence electrons. The lowest BCUT2D eigenvalue weighted by Crippen LogP contribution is -2.18. The normalized spacial score (nSPS) is 13.8. The summed E-state index contributed by atoms with van der Waals surface area (Å²) in [5, 5.41) is 0. The van der Waals surface area contributed by atoms with Gasteiger partial charge in [0.1, 0.15) is 0 Å². The fourth-order valence-electron chi connectivity index (χ4n) is 0.231. The molecule has 0 aromatic heterocycles. The second kappa shape index (κ2) is 5.55. The van der Waals surface area contributed by atoms with E-state index in [-0.39, 0.29) is 0 Å². The first-order valence-corrected chi connectivity index (χ1v) is 4.60. The van der Waals surface area contributed by atoms with Crippen LogP contribution in [0.1, 0.15) is 0 Å². The van der Waals surface area contributed by atoms with E-state index in [0.29, 0.717) is 6.54 Å². The molecule has 0 saturated carbocycles. The van der Waals surface area contributed by atoms with Crippen LogP contribution < -0.4 is 4.72 Å². The number of hydrogen-bond donors (Lipinski definition) is 2.